The first-order valence-electron chi connectivity index (χ1n) is 39.2. The van der Waals surface area contributed by atoms with E-state index in [-0.39, 0.29) is 25.7 Å². The minimum absolute atomic E-state index is 0.102. The number of aliphatic hydroxyl groups is 1. The van der Waals surface area contributed by atoms with Gasteiger partial charge in [-0.05, 0) is 49.4 Å². The topological polar surface area (TPSA) is 237 Å². The third-order valence-electron chi connectivity index (χ3n) is 17.9. The van der Waals surface area contributed by atoms with E-state index < -0.39 is 97.5 Å². The van der Waals surface area contributed by atoms with Gasteiger partial charge in [-0.2, -0.15) is 0 Å². The first-order valence-corrected chi connectivity index (χ1v) is 42.2. The maximum Gasteiger partial charge on any atom is 0.472 e. The van der Waals surface area contributed by atoms with Gasteiger partial charge in [-0.3, -0.25) is 37.3 Å². The molecular weight excluding hydrogens is 1250 g/mol. The third kappa shape index (κ3) is 69.0. The van der Waals surface area contributed by atoms with Crippen LogP contribution in [0.25, 0.3) is 0 Å². The second-order valence-electron chi connectivity index (χ2n) is 29.1. The van der Waals surface area contributed by atoms with Crippen molar-refractivity contribution in [2.24, 2.45) is 23.7 Å². The molecule has 0 amide bonds. The number of unbranched alkanes of at least 4 members (excludes halogenated alkanes) is 38. The summed E-state index contributed by atoms with van der Waals surface area (Å²) in [6.07, 6.45) is 50.3. The summed E-state index contributed by atoms with van der Waals surface area (Å²) < 4.78 is 68.4. The monoisotopic (exact) mass is 1400 g/mol. The van der Waals surface area contributed by atoms with Crippen LogP contribution in [0.3, 0.4) is 0 Å². The zero-order valence-electron chi connectivity index (χ0n) is 62.3. The Bertz CT molecular complexity index is 1870. The van der Waals surface area contributed by atoms with E-state index in [9.17, 15) is 43.2 Å². The van der Waals surface area contributed by atoms with Crippen LogP contribution in [0.5, 0.6) is 0 Å². The second kappa shape index (κ2) is 65.4. The summed E-state index contributed by atoms with van der Waals surface area (Å²) in [7, 11) is -9.91. The first kappa shape index (κ1) is 93.1. The Morgan fingerprint density at radius 2 is 0.505 bits per heavy atom. The molecule has 0 fully saturated rings. The molecule has 17 nitrogen and oxygen atoms in total. The van der Waals surface area contributed by atoms with E-state index >= 15 is 0 Å². The van der Waals surface area contributed by atoms with Crippen LogP contribution < -0.4 is 0 Å². The van der Waals surface area contributed by atoms with Crippen molar-refractivity contribution in [1.82, 2.24) is 0 Å². The van der Waals surface area contributed by atoms with Gasteiger partial charge in [-0.15, -0.1) is 0 Å². The summed E-state index contributed by atoms with van der Waals surface area (Å²) in [5.74, 6) is 0.881. The number of aliphatic hydroxyl groups excluding tert-OH is 1. The number of phosphoric ester groups is 2. The second-order valence-corrected chi connectivity index (χ2v) is 32.0. The Morgan fingerprint density at radius 1 is 0.295 bits per heavy atom. The van der Waals surface area contributed by atoms with Crippen molar-refractivity contribution >= 4 is 39.5 Å². The molecule has 0 aliphatic rings. The van der Waals surface area contributed by atoms with Gasteiger partial charge < -0.3 is 33.8 Å². The van der Waals surface area contributed by atoms with Crippen LogP contribution in [0, 0.1) is 23.7 Å². The van der Waals surface area contributed by atoms with E-state index in [0.29, 0.717) is 31.6 Å². The predicted octanol–water partition coefficient (Wildman–Crippen LogP) is 22.0. The highest BCUT2D eigenvalue weighted by Gasteiger charge is 2.30. The standard InChI is InChI=1S/C76H148O17P2/c1-9-69(8)55-47-39-33-35-41-49-57-74(79)87-63-71(92-75(80)58-50-42-31-27-23-19-15-14-17-21-25-29-37-45-53-67(4)5)64-90-94(82,83)88-60-70(77)61-89-95(84,85)91-65-72(93-76(81)59-51-43-34-32-38-46-54-68(6)7)62-86-73(78)56-48-40-30-26-22-18-13-11-10-12-16-20-24-28-36-44-52-66(2)3/h66-72,77H,9-65H2,1-8H3,(H,82,83)(H,84,85)/t69?,70-,71+,72+/m0/s1. The van der Waals surface area contributed by atoms with Crippen molar-refractivity contribution in [3.63, 3.8) is 0 Å². The van der Waals surface area contributed by atoms with Crippen LogP contribution in [0.15, 0.2) is 0 Å². The van der Waals surface area contributed by atoms with Crippen LogP contribution >= 0.6 is 15.6 Å². The van der Waals surface area contributed by atoms with E-state index in [4.69, 9.17) is 37.0 Å². The molecular formula is C76H148O17P2. The predicted molar refractivity (Wildman–Crippen MR) is 386 cm³/mol. The molecule has 0 aromatic carbocycles. The first-order chi connectivity index (χ1) is 45.6. The van der Waals surface area contributed by atoms with Crippen molar-refractivity contribution in [1.29, 1.82) is 0 Å². The average molecular weight is 1400 g/mol. The molecule has 0 saturated heterocycles. The number of carbonyl (C=O) groups excluding carboxylic acids is 4. The number of rotatable bonds is 73. The molecule has 0 spiro atoms. The summed E-state index contributed by atoms with van der Waals surface area (Å²) in [5.41, 5.74) is 0. The van der Waals surface area contributed by atoms with E-state index in [1.165, 1.54) is 180 Å². The molecule has 0 aliphatic carbocycles. The van der Waals surface area contributed by atoms with Gasteiger partial charge in [0.05, 0.1) is 26.4 Å². The lowest BCUT2D eigenvalue weighted by atomic mass is 10.00. The van der Waals surface area contributed by atoms with Crippen molar-refractivity contribution in [2.45, 2.75) is 401 Å². The van der Waals surface area contributed by atoms with E-state index in [1.807, 2.05) is 0 Å². The summed E-state index contributed by atoms with van der Waals surface area (Å²) in [6, 6.07) is 0. The van der Waals surface area contributed by atoms with Crippen LogP contribution in [-0.4, -0.2) is 96.7 Å². The summed E-state index contributed by atoms with van der Waals surface area (Å²) in [4.78, 5) is 72.7. The zero-order valence-corrected chi connectivity index (χ0v) is 64.1. The van der Waals surface area contributed by atoms with Crippen LogP contribution in [0.2, 0.25) is 0 Å². The van der Waals surface area contributed by atoms with Gasteiger partial charge in [0.2, 0.25) is 0 Å². The SMILES string of the molecule is CCC(C)CCCCCCCCC(=O)OC[C@H](COP(=O)(O)OC[C@H](O)COP(=O)(O)OC[C@@H](COC(=O)CCCCCCCCCCCCCCCCCCC(C)C)OC(=O)CCCCCCCCC(C)C)OC(=O)CCCCCCCCCCCCCCCCC(C)C. The highest BCUT2D eigenvalue weighted by molar-refractivity contribution is 7.47. The fraction of sp³-hybridized carbons (Fsp3) is 0.947. The van der Waals surface area contributed by atoms with Gasteiger partial charge in [0.1, 0.15) is 19.3 Å². The van der Waals surface area contributed by atoms with Crippen molar-refractivity contribution in [3.05, 3.63) is 0 Å². The fourth-order valence-corrected chi connectivity index (χ4v) is 13.1. The molecule has 564 valence electrons. The molecule has 95 heavy (non-hydrogen) atoms. The number of hydrogen-bond acceptors (Lipinski definition) is 15. The molecule has 0 saturated carbocycles. The molecule has 19 heteroatoms. The normalized spacial score (nSPS) is 14.4. The Morgan fingerprint density at radius 3 is 0.747 bits per heavy atom. The molecule has 6 atom stereocenters. The minimum Gasteiger partial charge on any atom is -0.462 e. The van der Waals surface area contributed by atoms with Crippen molar-refractivity contribution < 1.29 is 80.2 Å². The number of carbonyl (C=O) groups is 4. The Labute approximate surface area is 581 Å². The number of phosphoric acid groups is 2. The minimum atomic E-state index is -4.96. The van der Waals surface area contributed by atoms with Gasteiger partial charge in [-0.25, -0.2) is 9.13 Å². The highest BCUT2D eigenvalue weighted by Crippen LogP contribution is 2.45. The molecule has 0 aromatic rings. The molecule has 0 bridgehead atoms. The van der Waals surface area contributed by atoms with E-state index in [0.717, 1.165) is 114 Å². The van der Waals surface area contributed by atoms with Crippen LogP contribution in [-0.2, 0) is 65.4 Å². The Kier molecular flexibility index (Phi) is 64.0. The lowest BCUT2D eigenvalue weighted by Crippen LogP contribution is -2.30. The van der Waals surface area contributed by atoms with Crippen LogP contribution in [0.1, 0.15) is 383 Å². The fourth-order valence-electron chi connectivity index (χ4n) is 11.5. The molecule has 0 rings (SSSR count). The molecule has 0 aliphatic heterocycles. The summed E-state index contributed by atoms with van der Waals surface area (Å²) in [5, 5.41) is 10.6. The van der Waals surface area contributed by atoms with Gasteiger partial charge in [0.15, 0.2) is 12.2 Å². The van der Waals surface area contributed by atoms with Crippen molar-refractivity contribution in [3.8, 4) is 0 Å². The largest absolute Gasteiger partial charge is 0.472 e. The van der Waals surface area contributed by atoms with Gasteiger partial charge in [0.25, 0.3) is 0 Å². The van der Waals surface area contributed by atoms with Crippen LogP contribution in [0.4, 0.5) is 0 Å². The molecule has 3 unspecified atom stereocenters. The quantitative estimate of drug-likeness (QED) is 0.0222. The van der Waals surface area contributed by atoms with Gasteiger partial charge >= 0.3 is 39.5 Å². The molecule has 0 heterocycles. The Balaban J connectivity index is 5.15. The third-order valence-corrected chi connectivity index (χ3v) is 19.8. The Hall–Kier alpha value is -1.94. The van der Waals surface area contributed by atoms with Gasteiger partial charge in [-0.1, -0.05) is 331 Å². The van der Waals surface area contributed by atoms with Gasteiger partial charge in [0, 0.05) is 25.7 Å². The molecule has 3 N–H and O–H groups in total. The molecule has 0 aromatic heterocycles. The lowest BCUT2D eigenvalue weighted by molar-refractivity contribution is -0.161. The summed E-state index contributed by atoms with van der Waals surface area (Å²) >= 11 is 0. The number of hydrogen-bond donors (Lipinski definition) is 3. The maximum absolute atomic E-state index is 13.0. The van der Waals surface area contributed by atoms with E-state index in [2.05, 4.69) is 55.4 Å². The summed E-state index contributed by atoms with van der Waals surface area (Å²) in [6.45, 7) is 14.1. The number of esters is 4. The zero-order chi connectivity index (χ0) is 70.3. The smallest absolute Gasteiger partial charge is 0.462 e. The van der Waals surface area contributed by atoms with E-state index in [1.54, 1.807) is 0 Å². The van der Waals surface area contributed by atoms with Crippen molar-refractivity contribution in [2.75, 3.05) is 39.6 Å². The number of ether oxygens (including phenoxy) is 4. The molecule has 0 radical (unpaired) electrons. The lowest BCUT2D eigenvalue weighted by Gasteiger charge is -2.21. The average Bonchev–Trinajstić information content (AvgIpc) is 2.52. The maximum atomic E-state index is 13.0. The highest BCUT2D eigenvalue weighted by atomic mass is 31.2.